The van der Waals surface area contributed by atoms with Gasteiger partial charge in [0, 0.05) is 13.6 Å². The summed E-state index contributed by atoms with van der Waals surface area (Å²) >= 11 is 0. The van der Waals surface area contributed by atoms with Gasteiger partial charge in [-0.1, -0.05) is 13.8 Å². The Balaban J connectivity index is 3.23. The Hall–Kier alpha value is -0.530. The Kier molecular flexibility index (Phi) is 3.24. The zero-order chi connectivity index (χ0) is 6.57. The monoisotopic (exact) mass is 114 g/mol. The smallest absolute Gasteiger partial charge is 0.311 e. The first-order chi connectivity index (χ1) is 3.66. The highest BCUT2D eigenvalue weighted by molar-refractivity contribution is 5.47. The lowest BCUT2D eigenvalue weighted by atomic mass is 10.2. The predicted octanol–water partition coefficient (Wildman–Crippen LogP) is 0.641. The SMILES string of the molecule is CC(C)CN(C)[C]=O. The second kappa shape index (κ2) is 3.47. The molecule has 0 spiro atoms. The number of rotatable bonds is 3. The van der Waals surface area contributed by atoms with Crippen molar-refractivity contribution in [1.82, 2.24) is 4.90 Å². The third-order valence-corrected chi connectivity index (χ3v) is 0.795. The summed E-state index contributed by atoms with van der Waals surface area (Å²) in [4.78, 5) is 11.4. The standard InChI is InChI=1S/C6H12NO/c1-6(2)4-7(3)5-8/h6H,4H2,1-3H3. The van der Waals surface area contributed by atoms with Crippen molar-refractivity contribution in [3.05, 3.63) is 0 Å². The van der Waals surface area contributed by atoms with E-state index in [1.54, 1.807) is 13.5 Å². The minimum absolute atomic E-state index is 0.543. The van der Waals surface area contributed by atoms with E-state index in [0.29, 0.717) is 5.92 Å². The summed E-state index contributed by atoms with van der Waals surface area (Å²) in [7, 11) is 1.73. The van der Waals surface area contributed by atoms with Crippen molar-refractivity contribution in [1.29, 1.82) is 0 Å². The minimum Gasteiger partial charge on any atom is -0.337 e. The van der Waals surface area contributed by atoms with E-state index in [1.165, 1.54) is 4.90 Å². The van der Waals surface area contributed by atoms with Gasteiger partial charge in [-0.25, -0.2) is 0 Å². The van der Waals surface area contributed by atoms with E-state index in [9.17, 15) is 4.79 Å². The third kappa shape index (κ3) is 3.65. The summed E-state index contributed by atoms with van der Waals surface area (Å²) < 4.78 is 0. The highest BCUT2D eigenvalue weighted by atomic mass is 16.1. The molecular weight excluding hydrogens is 102 g/mol. The van der Waals surface area contributed by atoms with Crippen LogP contribution in [0.4, 0.5) is 0 Å². The molecule has 0 fully saturated rings. The summed E-state index contributed by atoms with van der Waals surface area (Å²) in [6.07, 6.45) is 1.78. The Labute approximate surface area is 50.5 Å². The molecule has 2 heteroatoms. The van der Waals surface area contributed by atoms with Crippen LogP contribution in [0, 0.1) is 5.92 Å². The minimum atomic E-state index is 0.543. The van der Waals surface area contributed by atoms with Gasteiger partial charge in [0.1, 0.15) is 0 Å². The van der Waals surface area contributed by atoms with Crippen LogP contribution in [0.3, 0.4) is 0 Å². The van der Waals surface area contributed by atoms with Crippen LogP contribution in [0.2, 0.25) is 0 Å². The van der Waals surface area contributed by atoms with Crippen LogP contribution in [-0.2, 0) is 4.79 Å². The molecule has 0 saturated carbocycles. The fourth-order valence-corrected chi connectivity index (χ4v) is 0.585. The third-order valence-electron chi connectivity index (χ3n) is 0.795. The number of carbonyl (C=O) groups excluding carboxylic acids is 1. The highest BCUT2D eigenvalue weighted by Crippen LogP contribution is 1.91. The number of nitrogens with zero attached hydrogens (tertiary/aromatic N) is 1. The Morgan fingerprint density at radius 3 is 2.25 bits per heavy atom. The van der Waals surface area contributed by atoms with Crippen molar-refractivity contribution >= 4 is 6.41 Å². The van der Waals surface area contributed by atoms with Gasteiger partial charge < -0.3 is 4.90 Å². The molecular formula is C6H12NO. The van der Waals surface area contributed by atoms with Gasteiger partial charge in [-0.05, 0) is 5.92 Å². The fourth-order valence-electron chi connectivity index (χ4n) is 0.585. The van der Waals surface area contributed by atoms with E-state index >= 15 is 0 Å². The molecule has 0 saturated heterocycles. The summed E-state index contributed by atoms with van der Waals surface area (Å²) in [6.45, 7) is 4.92. The lowest BCUT2D eigenvalue weighted by Crippen LogP contribution is -2.20. The van der Waals surface area contributed by atoms with E-state index < -0.39 is 0 Å². The molecule has 8 heavy (non-hydrogen) atoms. The normalized spacial score (nSPS) is 9.50. The van der Waals surface area contributed by atoms with Crippen LogP contribution in [0.5, 0.6) is 0 Å². The first-order valence-electron chi connectivity index (χ1n) is 2.75. The van der Waals surface area contributed by atoms with E-state index in [-0.39, 0.29) is 0 Å². The molecule has 0 N–H and O–H groups in total. The molecule has 0 unspecified atom stereocenters. The molecule has 2 nitrogen and oxygen atoms in total. The van der Waals surface area contributed by atoms with E-state index in [1.807, 2.05) is 0 Å². The van der Waals surface area contributed by atoms with Gasteiger partial charge in [0.25, 0.3) is 0 Å². The van der Waals surface area contributed by atoms with Crippen molar-refractivity contribution < 1.29 is 4.79 Å². The summed E-state index contributed by atoms with van der Waals surface area (Å²) in [5.74, 6) is 0.543. The molecule has 0 aliphatic heterocycles. The number of hydrogen-bond donors (Lipinski definition) is 0. The second-order valence-electron chi connectivity index (χ2n) is 2.37. The van der Waals surface area contributed by atoms with Crippen LogP contribution in [0.15, 0.2) is 0 Å². The molecule has 0 aliphatic rings. The molecule has 0 bridgehead atoms. The van der Waals surface area contributed by atoms with Gasteiger partial charge in [0.05, 0.1) is 0 Å². The zero-order valence-corrected chi connectivity index (χ0v) is 5.64. The van der Waals surface area contributed by atoms with E-state index in [0.717, 1.165) is 6.54 Å². The molecule has 1 radical (unpaired) electrons. The summed E-state index contributed by atoms with van der Waals surface area (Å²) in [5.41, 5.74) is 0. The van der Waals surface area contributed by atoms with E-state index in [2.05, 4.69) is 13.8 Å². The van der Waals surface area contributed by atoms with Gasteiger partial charge in [-0.15, -0.1) is 0 Å². The summed E-state index contributed by atoms with van der Waals surface area (Å²) in [5, 5.41) is 0. The van der Waals surface area contributed by atoms with Crippen LogP contribution in [0.1, 0.15) is 13.8 Å². The van der Waals surface area contributed by atoms with Gasteiger partial charge in [-0.3, -0.25) is 4.79 Å². The van der Waals surface area contributed by atoms with Crippen molar-refractivity contribution in [2.24, 2.45) is 5.92 Å². The number of amides is 1. The quantitative estimate of drug-likeness (QED) is 0.493. The maximum absolute atomic E-state index is 9.84. The summed E-state index contributed by atoms with van der Waals surface area (Å²) in [6, 6.07) is 0. The first kappa shape index (κ1) is 7.47. The van der Waals surface area contributed by atoms with E-state index in [4.69, 9.17) is 0 Å². The van der Waals surface area contributed by atoms with Crippen molar-refractivity contribution in [3.8, 4) is 0 Å². The fraction of sp³-hybridized carbons (Fsp3) is 0.833. The predicted molar refractivity (Wildman–Crippen MR) is 33.2 cm³/mol. The van der Waals surface area contributed by atoms with Gasteiger partial charge >= 0.3 is 6.41 Å². The first-order valence-corrected chi connectivity index (χ1v) is 2.75. The lowest BCUT2D eigenvalue weighted by molar-refractivity contribution is 0.389. The average molecular weight is 114 g/mol. The second-order valence-corrected chi connectivity index (χ2v) is 2.37. The molecule has 0 aromatic carbocycles. The Morgan fingerprint density at radius 1 is 1.62 bits per heavy atom. The maximum atomic E-state index is 9.84. The highest BCUT2D eigenvalue weighted by Gasteiger charge is 1.96. The van der Waals surface area contributed by atoms with Crippen molar-refractivity contribution in [2.75, 3.05) is 13.6 Å². The molecule has 0 rings (SSSR count). The molecule has 0 aromatic rings. The molecule has 1 amide bonds. The maximum Gasteiger partial charge on any atom is 0.311 e. The van der Waals surface area contributed by atoms with Gasteiger partial charge in [0.2, 0.25) is 0 Å². The van der Waals surface area contributed by atoms with Gasteiger partial charge in [-0.2, -0.15) is 0 Å². The molecule has 47 valence electrons. The Bertz CT molecular complexity index is 70.9. The van der Waals surface area contributed by atoms with Crippen molar-refractivity contribution in [2.45, 2.75) is 13.8 Å². The van der Waals surface area contributed by atoms with Crippen molar-refractivity contribution in [3.63, 3.8) is 0 Å². The van der Waals surface area contributed by atoms with Gasteiger partial charge in [0.15, 0.2) is 0 Å². The molecule has 0 heterocycles. The molecule has 0 aromatic heterocycles. The zero-order valence-electron chi connectivity index (χ0n) is 5.64. The largest absolute Gasteiger partial charge is 0.337 e. The number of hydrogen-bond acceptors (Lipinski definition) is 1. The van der Waals surface area contributed by atoms with Crippen LogP contribution < -0.4 is 0 Å². The van der Waals surface area contributed by atoms with Crippen LogP contribution in [-0.4, -0.2) is 24.9 Å². The Morgan fingerprint density at radius 2 is 2.12 bits per heavy atom. The van der Waals surface area contributed by atoms with Crippen LogP contribution in [0.25, 0.3) is 0 Å². The average Bonchev–Trinajstić information content (AvgIpc) is 1.65. The lowest BCUT2D eigenvalue weighted by Gasteiger charge is -2.10. The topological polar surface area (TPSA) is 20.3 Å². The molecule has 0 atom stereocenters. The molecule has 0 aliphatic carbocycles. The van der Waals surface area contributed by atoms with Crippen LogP contribution >= 0.6 is 0 Å².